The number of amides is 1. The van der Waals surface area contributed by atoms with Crippen LogP contribution in [0.3, 0.4) is 0 Å². The molecule has 0 unspecified atom stereocenters. The largest absolute Gasteiger partial charge is 0.482 e. The lowest BCUT2D eigenvalue weighted by Crippen LogP contribution is -2.42. The fraction of sp³-hybridized carbons (Fsp3) is 0.333. The molecule has 1 amide bonds. The van der Waals surface area contributed by atoms with Gasteiger partial charge in [-0.1, -0.05) is 6.07 Å². The van der Waals surface area contributed by atoms with E-state index in [-0.39, 0.29) is 24.1 Å². The number of nitrogens with one attached hydrogen (secondary N) is 1. The number of pyridine rings is 1. The zero-order valence-corrected chi connectivity index (χ0v) is 22.5. The molecule has 5 rings (SSSR count). The quantitative estimate of drug-likeness (QED) is 0.415. The van der Waals surface area contributed by atoms with E-state index in [9.17, 15) is 22.0 Å². The predicted molar refractivity (Wildman–Crippen MR) is 143 cm³/mol. The van der Waals surface area contributed by atoms with Crippen molar-refractivity contribution in [2.45, 2.75) is 11.3 Å². The van der Waals surface area contributed by atoms with E-state index in [1.165, 1.54) is 19.4 Å². The van der Waals surface area contributed by atoms with Crippen molar-refractivity contribution in [2.24, 2.45) is 0 Å². The van der Waals surface area contributed by atoms with Crippen molar-refractivity contribution in [1.82, 2.24) is 9.88 Å². The molecule has 212 valence electrons. The molecule has 1 aromatic heterocycles. The number of methoxy groups -OCH3 is 1. The van der Waals surface area contributed by atoms with Gasteiger partial charge in [0.15, 0.2) is 6.61 Å². The average molecular weight is 575 g/mol. The molecule has 0 atom stereocenters. The van der Waals surface area contributed by atoms with E-state index < -0.39 is 26.6 Å². The van der Waals surface area contributed by atoms with Crippen molar-refractivity contribution in [1.29, 1.82) is 0 Å². The second kappa shape index (κ2) is 11.7. The van der Waals surface area contributed by atoms with Crippen LogP contribution in [0.15, 0.2) is 53.6 Å². The van der Waals surface area contributed by atoms with Crippen molar-refractivity contribution < 1.29 is 36.2 Å². The Morgan fingerprint density at radius 2 is 1.85 bits per heavy atom. The number of carbonyl (C=O) groups excluding carboxylic acids is 1. The maximum absolute atomic E-state index is 14.2. The number of sulfonamides is 1. The zero-order chi connectivity index (χ0) is 28.3. The molecule has 2 aromatic carbocycles. The molecule has 40 heavy (non-hydrogen) atoms. The molecule has 1 saturated heterocycles. The molecule has 1 N–H and O–H groups in total. The molecule has 0 radical (unpaired) electrons. The first kappa shape index (κ1) is 27.7. The van der Waals surface area contributed by atoms with Crippen LogP contribution in [0, 0.1) is 11.6 Å². The van der Waals surface area contributed by atoms with E-state index in [4.69, 9.17) is 14.2 Å². The third-order valence-electron chi connectivity index (χ3n) is 6.67. The molecule has 0 saturated carbocycles. The highest BCUT2D eigenvalue weighted by molar-refractivity contribution is 7.92. The van der Waals surface area contributed by atoms with Crippen molar-refractivity contribution in [3.05, 3.63) is 60.3 Å². The highest BCUT2D eigenvalue weighted by Gasteiger charge is 2.27. The van der Waals surface area contributed by atoms with E-state index in [1.807, 2.05) is 0 Å². The number of anilines is 2. The normalized spacial score (nSPS) is 15.9. The minimum Gasteiger partial charge on any atom is -0.482 e. The molecule has 0 spiro atoms. The van der Waals surface area contributed by atoms with Crippen LogP contribution in [0.5, 0.6) is 11.6 Å². The number of carbonyl (C=O) groups is 1. The minimum absolute atomic E-state index is 0.0452. The van der Waals surface area contributed by atoms with E-state index in [0.717, 1.165) is 38.2 Å². The lowest BCUT2D eigenvalue weighted by Gasteiger charge is -2.31. The molecule has 13 heteroatoms. The topological polar surface area (TPSA) is 110 Å². The van der Waals surface area contributed by atoms with Crippen LogP contribution in [0.2, 0.25) is 0 Å². The molecule has 3 heterocycles. The van der Waals surface area contributed by atoms with Crippen LogP contribution in [-0.4, -0.2) is 77.3 Å². The van der Waals surface area contributed by atoms with Crippen LogP contribution in [0.4, 0.5) is 20.2 Å². The first-order valence-corrected chi connectivity index (χ1v) is 14.1. The van der Waals surface area contributed by atoms with Gasteiger partial charge in [0.05, 0.1) is 26.0 Å². The number of halogens is 2. The van der Waals surface area contributed by atoms with Gasteiger partial charge in [-0.15, -0.1) is 0 Å². The molecule has 0 aliphatic carbocycles. The van der Waals surface area contributed by atoms with Crippen molar-refractivity contribution in [3.63, 3.8) is 0 Å². The number of fused-ring (bicyclic) bond motifs is 1. The van der Waals surface area contributed by atoms with Crippen LogP contribution in [0.25, 0.3) is 11.1 Å². The summed E-state index contributed by atoms with van der Waals surface area (Å²) in [5.74, 6) is -1.78. The number of hydrogen-bond acceptors (Lipinski definition) is 8. The molecular formula is C27H28F2N4O6S. The number of morpholine rings is 1. The van der Waals surface area contributed by atoms with Gasteiger partial charge in [0.25, 0.3) is 15.9 Å². The molecular weight excluding hydrogens is 546 g/mol. The number of benzene rings is 2. The standard InChI is InChI=1S/C27H28F2N4O6S/c1-37-27-22(31-40(35,36)25-6-4-20(28)15-21(25)29)13-19(16-30-27)18-3-5-24-23(14-18)33(26(34)17-39-24)8-2-7-32-9-11-38-12-10-32/h3-6,13-16,31H,2,7-12,17H2,1H3. The third-order valence-corrected chi connectivity index (χ3v) is 8.07. The highest BCUT2D eigenvalue weighted by atomic mass is 32.2. The van der Waals surface area contributed by atoms with Gasteiger partial charge >= 0.3 is 0 Å². The van der Waals surface area contributed by atoms with Crippen molar-refractivity contribution >= 4 is 27.3 Å². The van der Waals surface area contributed by atoms with E-state index in [1.54, 1.807) is 23.1 Å². The first-order valence-electron chi connectivity index (χ1n) is 12.6. The predicted octanol–water partition coefficient (Wildman–Crippen LogP) is 3.28. The fourth-order valence-corrected chi connectivity index (χ4v) is 5.75. The van der Waals surface area contributed by atoms with Crippen LogP contribution in [0.1, 0.15) is 6.42 Å². The highest BCUT2D eigenvalue weighted by Crippen LogP contribution is 2.38. The summed E-state index contributed by atoms with van der Waals surface area (Å²) < 4.78 is 71.9. The Morgan fingerprint density at radius 1 is 1.05 bits per heavy atom. The van der Waals surface area contributed by atoms with Gasteiger partial charge < -0.3 is 19.1 Å². The Balaban J connectivity index is 1.40. The van der Waals surface area contributed by atoms with Crippen molar-refractivity contribution in [2.75, 3.05) is 62.7 Å². The Morgan fingerprint density at radius 3 is 2.60 bits per heavy atom. The van der Waals surface area contributed by atoms with E-state index in [0.29, 0.717) is 48.4 Å². The summed E-state index contributed by atoms with van der Waals surface area (Å²) in [4.78, 5) is 20.2. The molecule has 0 bridgehead atoms. The third kappa shape index (κ3) is 6.01. The number of hydrogen-bond donors (Lipinski definition) is 1. The number of nitrogens with zero attached hydrogens (tertiary/aromatic N) is 3. The summed E-state index contributed by atoms with van der Waals surface area (Å²) in [6.07, 6.45) is 2.26. The van der Waals surface area contributed by atoms with Gasteiger partial charge in [0, 0.05) is 44.0 Å². The lowest BCUT2D eigenvalue weighted by molar-refractivity contribution is -0.121. The Labute approximate surface area is 230 Å². The molecule has 10 nitrogen and oxygen atoms in total. The van der Waals surface area contributed by atoms with Crippen LogP contribution >= 0.6 is 0 Å². The second-order valence-electron chi connectivity index (χ2n) is 9.29. The summed E-state index contributed by atoms with van der Waals surface area (Å²) >= 11 is 0. The summed E-state index contributed by atoms with van der Waals surface area (Å²) in [6.45, 7) is 4.42. The van der Waals surface area contributed by atoms with Crippen molar-refractivity contribution in [3.8, 4) is 22.8 Å². The molecule has 3 aromatic rings. The monoisotopic (exact) mass is 574 g/mol. The number of aromatic nitrogens is 1. The Bertz CT molecular complexity index is 1510. The summed E-state index contributed by atoms with van der Waals surface area (Å²) in [5.41, 5.74) is 1.70. The maximum atomic E-state index is 14.2. The van der Waals surface area contributed by atoms with Gasteiger partial charge in [-0.25, -0.2) is 22.2 Å². The Hall–Kier alpha value is -3.81. The molecule has 2 aliphatic rings. The van der Waals surface area contributed by atoms with Gasteiger partial charge in [-0.2, -0.15) is 0 Å². The SMILES string of the molecule is COc1ncc(-c2ccc3c(c2)N(CCCN2CCOCC2)C(=O)CO3)cc1NS(=O)(=O)c1ccc(F)cc1F. The van der Waals surface area contributed by atoms with Gasteiger partial charge in [0.2, 0.25) is 5.88 Å². The average Bonchev–Trinajstić information content (AvgIpc) is 2.94. The van der Waals surface area contributed by atoms with E-state index in [2.05, 4.69) is 14.6 Å². The van der Waals surface area contributed by atoms with Gasteiger partial charge in [-0.3, -0.25) is 14.4 Å². The van der Waals surface area contributed by atoms with Gasteiger partial charge in [-0.05, 0) is 42.3 Å². The summed E-state index contributed by atoms with van der Waals surface area (Å²) in [5, 5.41) is 0. The van der Waals surface area contributed by atoms with Gasteiger partial charge in [0.1, 0.15) is 28.0 Å². The lowest BCUT2D eigenvalue weighted by atomic mass is 10.0. The number of ether oxygens (including phenoxy) is 3. The summed E-state index contributed by atoms with van der Waals surface area (Å²) in [6, 6.07) is 8.96. The minimum atomic E-state index is -4.44. The Kier molecular flexibility index (Phi) is 8.14. The second-order valence-corrected chi connectivity index (χ2v) is 10.9. The smallest absolute Gasteiger partial charge is 0.265 e. The maximum Gasteiger partial charge on any atom is 0.265 e. The van der Waals surface area contributed by atoms with Crippen LogP contribution in [-0.2, 0) is 19.6 Å². The molecule has 2 aliphatic heterocycles. The fourth-order valence-electron chi connectivity index (χ4n) is 4.64. The van der Waals surface area contributed by atoms with E-state index >= 15 is 0 Å². The first-order chi connectivity index (χ1) is 19.2. The number of rotatable bonds is 9. The zero-order valence-electron chi connectivity index (χ0n) is 21.7. The molecule has 1 fully saturated rings. The van der Waals surface area contributed by atoms with Crippen LogP contribution < -0.4 is 19.1 Å². The summed E-state index contributed by atoms with van der Waals surface area (Å²) in [7, 11) is -3.12.